The number of ether oxygens (including phenoxy) is 2. The summed E-state index contributed by atoms with van der Waals surface area (Å²) in [7, 11) is 5.20. The van der Waals surface area contributed by atoms with Crippen molar-refractivity contribution < 1.29 is 43.7 Å². The molecule has 6 bridgehead atoms. The highest BCUT2D eigenvalue weighted by Gasteiger charge is 2.48. The van der Waals surface area contributed by atoms with Crippen LogP contribution in [0.3, 0.4) is 0 Å². The average molecular weight is 991 g/mol. The number of phenols is 1. The highest BCUT2D eigenvalue weighted by molar-refractivity contribution is 5.96. The third-order valence-electron chi connectivity index (χ3n) is 15.7. The first-order valence-electron chi connectivity index (χ1n) is 25.6. The van der Waals surface area contributed by atoms with E-state index in [0.29, 0.717) is 37.1 Å². The molecule has 17 nitrogen and oxygen atoms in total. The number of rotatable bonds is 10. The van der Waals surface area contributed by atoms with E-state index in [0.717, 1.165) is 63.4 Å². The lowest BCUT2D eigenvalue weighted by Gasteiger charge is -2.40. The van der Waals surface area contributed by atoms with Crippen molar-refractivity contribution in [2.45, 2.75) is 129 Å². The number of cyclic esters (lactones) is 1. The van der Waals surface area contributed by atoms with E-state index in [1.54, 1.807) is 37.4 Å². The maximum Gasteiger partial charge on any atom is 0.355 e. The Kier molecular flexibility index (Phi) is 15.0. The van der Waals surface area contributed by atoms with Crippen LogP contribution in [0.2, 0.25) is 0 Å². The number of methoxy groups -OCH3 is 1. The van der Waals surface area contributed by atoms with Crippen LogP contribution in [0.5, 0.6) is 5.75 Å². The number of likely N-dealkylation sites (N-methyl/N-ethyl adjacent to an activating group) is 2. The van der Waals surface area contributed by atoms with Gasteiger partial charge in [-0.15, -0.1) is 0 Å². The van der Waals surface area contributed by atoms with E-state index in [4.69, 9.17) is 14.5 Å². The van der Waals surface area contributed by atoms with Crippen molar-refractivity contribution >= 4 is 40.5 Å². The minimum Gasteiger partial charge on any atom is -0.508 e. The number of pyridine rings is 1. The molecule has 6 atom stereocenters. The Hall–Kier alpha value is -5.88. The number of nitrogens with one attached hydrogen (secondary N) is 2. The fourth-order valence-corrected chi connectivity index (χ4v) is 11.6. The molecule has 388 valence electrons. The van der Waals surface area contributed by atoms with Gasteiger partial charge in [-0.2, -0.15) is 5.43 Å². The van der Waals surface area contributed by atoms with Gasteiger partial charge in [-0.3, -0.25) is 34.1 Å². The van der Waals surface area contributed by atoms with Crippen LogP contribution in [-0.2, 0) is 52.8 Å². The molecule has 2 aromatic carbocycles. The fourth-order valence-electron chi connectivity index (χ4n) is 11.6. The molecule has 2 aromatic heterocycles. The largest absolute Gasteiger partial charge is 0.508 e. The Bertz CT molecular complexity index is 2740. The number of fused-ring (bicyclic) bond motifs is 6. The number of aromatic hydroxyl groups is 1. The third-order valence-corrected chi connectivity index (χ3v) is 15.7. The predicted octanol–water partition coefficient (Wildman–Crippen LogP) is 5.59. The van der Waals surface area contributed by atoms with Gasteiger partial charge in [-0.25, -0.2) is 4.79 Å². The van der Waals surface area contributed by atoms with Gasteiger partial charge in [0.2, 0.25) is 23.4 Å². The van der Waals surface area contributed by atoms with Crippen LogP contribution in [0.25, 0.3) is 33.3 Å². The molecule has 0 unspecified atom stereocenters. The molecule has 8 rings (SSSR count). The van der Waals surface area contributed by atoms with Crippen LogP contribution in [0.4, 0.5) is 0 Å². The van der Waals surface area contributed by atoms with Gasteiger partial charge in [0.25, 0.3) is 5.91 Å². The quantitative estimate of drug-likeness (QED) is 0.144. The maximum atomic E-state index is 14.9. The molecule has 17 heteroatoms. The summed E-state index contributed by atoms with van der Waals surface area (Å²) in [4.78, 5) is 81.8. The van der Waals surface area contributed by atoms with E-state index in [9.17, 15) is 34.2 Å². The van der Waals surface area contributed by atoms with Crippen molar-refractivity contribution in [2.24, 2.45) is 17.3 Å². The van der Waals surface area contributed by atoms with E-state index in [1.807, 2.05) is 72.9 Å². The fraction of sp³-hybridized carbons (Fsp3) is 0.564. The Morgan fingerprint density at radius 2 is 1.76 bits per heavy atom. The Morgan fingerprint density at radius 1 is 1.01 bits per heavy atom. The van der Waals surface area contributed by atoms with Crippen LogP contribution in [0.15, 0.2) is 54.7 Å². The lowest BCUT2D eigenvalue weighted by Crippen LogP contribution is -2.67. The summed E-state index contributed by atoms with van der Waals surface area (Å²) >= 11 is 0. The Balaban J connectivity index is 1.17. The first-order valence-corrected chi connectivity index (χ1v) is 25.6. The van der Waals surface area contributed by atoms with Crippen molar-refractivity contribution in [1.29, 1.82) is 0 Å². The number of hydrazine groups is 1. The van der Waals surface area contributed by atoms with Gasteiger partial charge in [0.05, 0.1) is 35.6 Å². The van der Waals surface area contributed by atoms with Crippen LogP contribution in [0.1, 0.15) is 103 Å². The molecule has 3 saturated heterocycles. The molecule has 6 heterocycles. The minimum absolute atomic E-state index is 0.0102. The number of aryl methyl sites for hydroxylation is 1. The highest BCUT2D eigenvalue weighted by atomic mass is 16.6. The number of carbonyl (C=O) groups excluding carboxylic acids is 5. The van der Waals surface area contributed by atoms with Crippen molar-refractivity contribution in [3.05, 3.63) is 71.5 Å². The van der Waals surface area contributed by atoms with Crippen molar-refractivity contribution in [3.63, 3.8) is 0 Å². The number of aromatic nitrogens is 2. The number of likely N-dealkylation sites (tertiary alicyclic amines) is 2. The Morgan fingerprint density at radius 3 is 2.46 bits per heavy atom. The van der Waals surface area contributed by atoms with E-state index in [-0.39, 0.29) is 68.5 Å². The summed E-state index contributed by atoms with van der Waals surface area (Å²) in [5, 5.41) is 28.4. The molecule has 4 N–H and O–H groups in total. The molecule has 72 heavy (non-hydrogen) atoms. The van der Waals surface area contributed by atoms with Gasteiger partial charge in [0.15, 0.2) is 0 Å². The van der Waals surface area contributed by atoms with Crippen LogP contribution >= 0.6 is 0 Å². The highest BCUT2D eigenvalue weighted by Crippen LogP contribution is 2.42. The molecule has 0 saturated carbocycles. The van der Waals surface area contributed by atoms with Crippen LogP contribution in [-0.4, -0.2) is 146 Å². The van der Waals surface area contributed by atoms with Gasteiger partial charge in [-0.05, 0) is 131 Å². The average Bonchev–Trinajstić information content (AvgIpc) is 4.06. The standard InChI is InChI=1S/C55H74N8O9/c1-11-62-44-17-16-36-29-41(44)42(47(62)40-15-12-21-56-45(40)34(4)71-10)30-53(5,6)32-72-52(69)55(70)20-14-23-63(58-55)50(67)43(27-35-25-38(36)28-39(64)26-35)57-48(65)46(33(2)3)60(9)49(66)37-18-24-61(31-37)51(68)54(7)19-13-22-59(54)8/h12,15-17,21,25-26,28-29,33-34,37,43,46,58,64,70H,11,13-14,18-20,22-24,27,30-32H2,1-10H3,(H,57,65)/t34-,37-,43-,46-,54+,55-/m0/s1. The summed E-state index contributed by atoms with van der Waals surface area (Å²) in [6.07, 6.45) is 4.14. The number of benzene rings is 2. The van der Waals surface area contributed by atoms with Gasteiger partial charge in [0.1, 0.15) is 17.8 Å². The summed E-state index contributed by atoms with van der Waals surface area (Å²) in [5.41, 5.74) is 5.82. The molecule has 4 aromatic rings. The van der Waals surface area contributed by atoms with E-state index >= 15 is 0 Å². The zero-order valence-electron chi connectivity index (χ0n) is 43.7. The van der Waals surface area contributed by atoms with Gasteiger partial charge in [-0.1, -0.05) is 39.8 Å². The molecule has 0 aliphatic carbocycles. The van der Waals surface area contributed by atoms with Crippen molar-refractivity contribution in [1.82, 2.24) is 40.0 Å². The first kappa shape index (κ1) is 52.4. The summed E-state index contributed by atoms with van der Waals surface area (Å²) in [6.45, 7) is 15.9. The van der Waals surface area contributed by atoms with Gasteiger partial charge in [0, 0.05) is 81.3 Å². The van der Waals surface area contributed by atoms with Crippen molar-refractivity contribution in [2.75, 3.05) is 54.0 Å². The van der Waals surface area contributed by atoms with Crippen molar-refractivity contribution in [3.8, 4) is 28.1 Å². The molecule has 4 amide bonds. The second-order valence-electron chi connectivity index (χ2n) is 21.9. The minimum atomic E-state index is -2.27. The lowest BCUT2D eigenvalue weighted by atomic mass is 9.84. The Labute approximate surface area is 423 Å². The van der Waals surface area contributed by atoms with Gasteiger partial charge < -0.3 is 39.4 Å². The molecule has 3 fully saturated rings. The molecular weight excluding hydrogens is 917 g/mol. The zero-order chi connectivity index (χ0) is 52.0. The zero-order valence-corrected chi connectivity index (χ0v) is 43.7. The lowest BCUT2D eigenvalue weighted by molar-refractivity contribution is -0.189. The number of amides is 4. The van der Waals surface area contributed by atoms with E-state index in [2.05, 4.69) is 39.3 Å². The first-order chi connectivity index (χ1) is 34.1. The molecule has 4 aliphatic heterocycles. The number of carbonyl (C=O) groups is 5. The van der Waals surface area contributed by atoms with E-state index < -0.39 is 52.5 Å². The summed E-state index contributed by atoms with van der Waals surface area (Å²) in [5.74, 6) is -3.36. The number of hydrogen-bond acceptors (Lipinski definition) is 12. The van der Waals surface area contributed by atoms with Gasteiger partial charge >= 0.3 is 5.97 Å². The number of esters is 1. The SMILES string of the molecule is CCn1c(-c2cccnc2[C@H](C)OC)c2c3cc(ccc31)-c1cc(O)cc(c1)C[C@H](NC(=O)[C@H](C(C)C)N(C)C(=O)[C@H]1CCN(C(=O)[C@@]3(C)CCCN3C)C1)C(=O)N1CCC[C@@](O)(N1)C(=O)OCC(C)(C)C2. The second kappa shape index (κ2) is 20.6. The number of phenolic OH excluding ortho intramolecular Hbond substituents is 1. The maximum absolute atomic E-state index is 14.9. The predicted molar refractivity (Wildman–Crippen MR) is 273 cm³/mol. The van der Waals surface area contributed by atoms with Crippen LogP contribution < -0.4 is 10.7 Å². The van der Waals surface area contributed by atoms with Crippen LogP contribution in [0, 0.1) is 17.3 Å². The monoisotopic (exact) mass is 991 g/mol. The smallest absolute Gasteiger partial charge is 0.355 e. The molecule has 0 spiro atoms. The number of aliphatic hydroxyl groups is 1. The number of hydrogen-bond donors (Lipinski definition) is 4. The number of nitrogens with zero attached hydrogens (tertiary/aromatic N) is 6. The second-order valence-corrected chi connectivity index (χ2v) is 21.9. The van der Waals surface area contributed by atoms with E-state index in [1.165, 1.54) is 4.90 Å². The summed E-state index contributed by atoms with van der Waals surface area (Å²) in [6, 6.07) is 12.9. The summed E-state index contributed by atoms with van der Waals surface area (Å²) < 4.78 is 14.1. The third kappa shape index (κ3) is 10.1. The molecular formula is C55H74N8O9. The normalized spacial score (nSPS) is 24.8. The molecule has 4 aliphatic rings. The molecule has 0 radical (unpaired) electrons. The topological polar surface area (TPSA) is 199 Å².